The van der Waals surface area contributed by atoms with Crippen LogP contribution in [0.5, 0.6) is 0 Å². The van der Waals surface area contributed by atoms with Crippen LogP contribution in [-0.4, -0.2) is 54.8 Å². The molecule has 2 fully saturated rings. The summed E-state index contributed by atoms with van der Waals surface area (Å²) in [6, 6.07) is 2.34. The van der Waals surface area contributed by atoms with Crippen LogP contribution in [0.2, 0.25) is 5.02 Å². The number of likely N-dealkylation sites (N-methyl/N-ethyl adjacent to an activating group) is 1. The molecule has 2 aliphatic heterocycles. The Bertz CT molecular complexity index is 607. The number of nitrogens with zero attached hydrogens (tertiary/aromatic N) is 3. The molecule has 1 aromatic rings. The van der Waals surface area contributed by atoms with Crippen LogP contribution in [0.3, 0.4) is 0 Å². The third-order valence-corrected chi connectivity index (χ3v) is 6.80. The van der Waals surface area contributed by atoms with Crippen molar-refractivity contribution in [3.63, 3.8) is 0 Å². The monoisotopic (exact) mass is 315 g/mol. The van der Waals surface area contributed by atoms with Gasteiger partial charge < -0.3 is 0 Å². The smallest absolute Gasteiger partial charge is 0.246 e. The molecule has 0 amide bonds. The van der Waals surface area contributed by atoms with Crippen LogP contribution in [0.1, 0.15) is 19.3 Å². The van der Waals surface area contributed by atoms with E-state index in [-0.39, 0.29) is 9.92 Å². The Morgan fingerprint density at radius 1 is 1.30 bits per heavy atom. The van der Waals surface area contributed by atoms with E-state index in [0.717, 1.165) is 12.8 Å². The summed E-state index contributed by atoms with van der Waals surface area (Å²) in [5.74, 6) is 0. The molecule has 1 aromatic heterocycles. The lowest BCUT2D eigenvalue weighted by Crippen LogP contribution is -2.39. The predicted octanol–water partition coefficient (Wildman–Crippen LogP) is 1.59. The van der Waals surface area contributed by atoms with Crippen LogP contribution in [0.4, 0.5) is 0 Å². The third kappa shape index (κ3) is 2.35. The highest BCUT2D eigenvalue weighted by atomic mass is 35.5. The van der Waals surface area contributed by atoms with E-state index in [4.69, 9.17) is 11.6 Å². The molecule has 2 atom stereocenters. The minimum absolute atomic E-state index is 0.113. The number of halogens is 1. The second-order valence-electron chi connectivity index (χ2n) is 5.51. The summed E-state index contributed by atoms with van der Waals surface area (Å²) in [4.78, 5) is 6.33. The molecule has 2 unspecified atom stereocenters. The number of sulfonamides is 1. The van der Waals surface area contributed by atoms with E-state index >= 15 is 0 Å². The van der Waals surface area contributed by atoms with Crippen LogP contribution in [-0.2, 0) is 10.0 Å². The predicted molar refractivity (Wildman–Crippen MR) is 77.2 cm³/mol. The molecule has 2 saturated heterocycles. The van der Waals surface area contributed by atoms with Crippen molar-refractivity contribution in [3.05, 3.63) is 23.5 Å². The van der Waals surface area contributed by atoms with Crippen molar-refractivity contribution in [2.75, 3.05) is 20.1 Å². The molecule has 5 nitrogen and oxygen atoms in total. The number of hydrogen-bond donors (Lipinski definition) is 0. The first-order chi connectivity index (χ1) is 9.50. The Kier molecular flexibility index (Phi) is 3.75. The SMILES string of the molecule is CN1C2CCC1CN(S(=O)(=O)c1cnccc1Cl)CC2. The maximum absolute atomic E-state index is 12.7. The summed E-state index contributed by atoms with van der Waals surface area (Å²) in [6.07, 6.45) is 5.95. The van der Waals surface area contributed by atoms with Gasteiger partial charge in [-0.3, -0.25) is 9.88 Å². The maximum Gasteiger partial charge on any atom is 0.246 e. The van der Waals surface area contributed by atoms with Crippen molar-refractivity contribution in [3.8, 4) is 0 Å². The van der Waals surface area contributed by atoms with Gasteiger partial charge in [-0.25, -0.2) is 8.42 Å². The zero-order valence-electron chi connectivity index (χ0n) is 11.4. The van der Waals surface area contributed by atoms with E-state index < -0.39 is 10.0 Å². The summed E-state index contributed by atoms with van der Waals surface area (Å²) in [7, 11) is -1.46. The van der Waals surface area contributed by atoms with Gasteiger partial charge in [-0.15, -0.1) is 0 Å². The fraction of sp³-hybridized carbons (Fsp3) is 0.615. The Balaban J connectivity index is 1.91. The highest BCUT2D eigenvalue weighted by molar-refractivity contribution is 7.89. The summed E-state index contributed by atoms with van der Waals surface area (Å²) in [5.41, 5.74) is 0. The first kappa shape index (κ1) is 14.3. The van der Waals surface area contributed by atoms with Crippen molar-refractivity contribution in [1.82, 2.24) is 14.2 Å². The number of pyridine rings is 1. The minimum atomic E-state index is -3.55. The molecule has 3 heterocycles. The van der Waals surface area contributed by atoms with Crippen molar-refractivity contribution in [1.29, 1.82) is 0 Å². The molecule has 2 bridgehead atoms. The summed E-state index contributed by atoms with van der Waals surface area (Å²) < 4.78 is 27.0. The first-order valence-corrected chi connectivity index (χ1v) is 8.63. The van der Waals surface area contributed by atoms with Crippen LogP contribution < -0.4 is 0 Å². The quantitative estimate of drug-likeness (QED) is 0.831. The largest absolute Gasteiger partial charge is 0.299 e. The van der Waals surface area contributed by atoms with Gasteiger partial charge in [0.2, 0.25) is 10.0 Å². The zero-order chi connectivity index (χ0) is 14.3. The maximum atomic E-state index is 12.7. The second-order valence-corrected chi connectivity index (χ2v) is 7.82. The number of fused-ring (bicyclic) bond motifs is 2. The van der Waals surface area contributed by atoms with E-state index in [2.05, 4.69) is 16.9 Å². The highest BCUT2D eigenvalue weighted by Crippen LogP contribution is 2.32. The van der Waals surface area contributed by atoms with Crippen LogP contribution >= 0.6 is 11.6 Å². The summed E-state index contributed by atoms with van der Waals surface area (Å²) in [6.45, 7) is 1.10. The van der Waals surface area contributed by atoms with E-state index in [1.54, 1.807) is 4.31 Å². The number of hydrogen-bond acceptors (Lipinski definition) is 4. The first-order valence-electron chi connectivity index (χ1n) is 6.82. The number of rotatable bonds is 2. The lowest BCUT2D eigenvalue weighted by atomic mass is 10.1. The van der Waals surface area contributed by atoms with Crippen LogP contribution in [0.15, 0.2) is 23.4 Å². The molecule has 0 radical (unpaired) electrons. The standard InChI is InChI=1S/C13H18ClN3O2S/c1-16-10-2-3-11(16)9-17(7-5-10)20(18,19)13-8-15-6-4-12(13)14/h4,6,8,10-11H,2-3,5,7,9H2,1H3. The molecule has 20 heavy (non-hydrogen) atoms. The lowest BCUT2D eigenvalue weighted by Gasteiger charge is -2.25. The van der Waals surface area contributed by atoms with Gasteiger partial charge in [-0.05, 0) is 32.4 Å². The van der Waals surface area contributed by atoms with Gasteiger partial charge in [0.25, 0.3) is 0 Å². The van der Waals surface area contributed by atoms with E-state index in [1.165, 1.54) is 24.9 Å². The molecule has 7 heteroatoms. The van der Waals surface area contributed by atoms with Crippen molar-refractivity contribution >= 4 is 21.6 Å². The average molecular weight is 316 g/mol. The molecule has 110 valence electrons. The number of aromatic nitrogens is 1. The molecular formula is C13H18ClN3O2S. The molecule has 0 aromatic carbocycles. The van der Waals surface area contributed by atoms with E-state index in [1.807, 2.05) is 0 Å². The van der Waals surface area contributed by atoms with Crippen molar-refractivity contribution in [2.24, 2.45) is 0 Å². The van der Waals surface area contributed by atoms with Gasteiger partial charge >= 0.3 is 0 Å². The molecule has 3 rings (SSSR count). The molecule has 0 saturated carbocycles. The van der Waals surface area contributed by atoms with Crippen LogP contribution in [0, 0.1) is 0 Å². The molecule has 0 aliphatic carbocycles. The second kappa shape index (κ2) is 5.26. The molecular weight excluding hydrogens is 298 g/mol. The summed E-state index contributed by atoms with van der Waals surface area (Å²) in [5, 5.41) is 0.239. The van der Waals surface area contributed by atoms with Gasteiger partial charge in [0, 0.05) is 37.6 Å². The van der Waals surface area contributed by atoms with Crippen molar-refractivity contribution < 1.29 is 8.42 Å². The fourth-order valence-corrected chi connectivity index (χ4v) is 5.09. The Labute approximate surface area is 124 Å². The van der Waals surface area contributed by atoms with Gasteiger partial charge in [0.05, 0.1) is 5.02 Å². The van der Waals surface area contributed by atoms with Gasteiger partial charge in [0.1, 0.15) is 4.90 Å². The van der Waals surface area contributed by atoms with E-state index in [0.29, 0.717) is 25.2 Å². The van der Waals surface area contributed by atoms with Crippen LogP contribution in [0.25, 0.3) is 0 Å². The Morgan fingerprint density at radius 3 is 2.80 bits per heavy atom. The average Bonchev–Trinajstić information content (AvgIpc) is 2.62. The molecule has 0 N–H and O–H groups in total. The Morgan fingerprint density at radius 2 is 2.05 bits per heavy atom. The van der Waals surface area contributed by atoms with Crippen molar-refractivity contribution in [2.45, 2.75) is 36.2 Å². The third-order valence-electron chi connectivity index (χ3n) is 4.46. The lowest BCUT2D eigenvalue weighted by molar-refractivity contribution is 0.246. The van der Waals surface area contributed by atoms with Gasteiger partial charge in [0.15, 0.2) is 0 Å². The van der Waals surface area contributed by atoms with Gasteiger partial charge in [-0.1, -0.05) is 11.6 Å². The minimum Gasteiger partial charge on any atom is -0.299 e. The van der Waals surface area contributed by atoms with E-state index in [9.17, 15) is 8.42 Å². The normalized spacial score (nSPS) is 28.5. The Hall–Kier alpha value is -0.690. The fourth-order valence-electron chi connectivity index (χ4n) is 3.19. The topological polar surface area (TPSA) is 53.5 Å². The summed E-state index contributed by atoms with van der Waals surface area (Å²) >= 11 is 6.02. The zero-order valence-corrected chi connectivity index (χ0v) is 12.9. The molecule has 2 aliphatic rings. The highest BCUT2D eigenvalue weighted by Gasteiger charge is 2.39. The molecule has 0 spiro atoms. The van der Waals surface area contributed by atoms with Gasteiger partial charge in [-0.2, -0.15) is 4.31 Å².